The summed E-state index contributed by atoms with van der Waals surface area (Å²) in [6, 6.07) is 28.2. The van der Waals surface area contributed by atoms with Crippen LogP contribution in [0.25, 0.3) is 0 Å². The van der Waals surface area contributed by atoms with E-state index in [1.165, 1.54) is 13.4 Å². The molecule has 13 nitrogen and oxygen atoms in total. The number of carbonyl (C=O) groups is 3. The molecule has 0 N–H and O–H groups in total. The number of carbonyl (C=O) groups excluding carboxylic acids is 3. The van der Waals surface area contributed by atoms with Crippen LogP contribution in [0.4, 0.5) is 0 Å². The molecule has 3 aliphatic carbocycles. The first-order valence-corrected chi connectivity index (χ1v) is 28.6. The molecule has 1 fully saturated rings. The molecule has 0 aliphatic heterocycles. The Bertz CT molecular complexity index is 2430. The fraction of sp³-hybridized carbons (Fsp3) is 0.532. The highest BCUT2D eigenvalue weighted by molar-refractivity contribution is 6.99. The van der Waals surface area contributed by atoms with Crippen LogP contribution in [0.2, 0.25) is 5.04 Å². The Hall–Kier alpha value is -5.19. The molecule has 0 saturated heterocycles. The van der Waals surface area contributed by atoms with Crippen molar-refractivity contribution >= 4 is 36.4 Å². The van der Waals surface area contributed by atoms with Crippen molar-refractivity contribution < 1.29 is 61.4 Å². The zero-order valence-corrected chi connectivity index (χ0v) is 48.0. The molecule has 0 heterocycles. The third-order valence-electron chi connectivity index (χ3n) is 15.8. The first-order chi connectivity index (χ1) is 36.3. The summed E-state index contributed by atoms with van der Waals surface area (Å²) in [6.07, 6.45) is 7.77. The van der Waals surface area contributed by atoms with Crippen molar-refractivity contribution in [2.45, 2.75) is 117 Å². The number of ether oxygens (including phenoxy) is 9. The Labute approximate surface area is 453 Å². The Balaban J connectivity index is 1.40. The highest BCUT2D eigenvalue weighted by atomic mass is 28.4. The third kappa shape index (κ3) is 13.4. The molecule has 3 aliphatic rings. The number of methoxy groups -OCH3 is 3. The highest BCUT2D eigenvalue weighted by Crippen LogP contribution is 2.57. The number of fused-ring (bicyclic) bond motifs is 1. The van der Waals surface area contributed by atoms with Crippen LogP contribution in [0.3, 0.4) is 0 Å². The lowest BCUT2D eigenvalue weighted by molar-refractivity contribution is -0.207. The van der Waals surface area contributed by atoms with Gasteiger partial charge in [0, 0.05) is 37.9 Å². The summed E-state index contributed by atoms with van der Waals surface area (Å²) >= 11 is 0. The Morgan fingerprint density at radius 3 is 2.05 bits per heavy atom. The molecular formula is C62H84O13Si. The number of allylic oxidation sites excluding steroid dienone is 2. The molecule has 0 unspecified atom stereocenters. The molecule has 414 valence electrons. The van der Waals surface area contributed by atoms with Gasteiger partial charge in [-0.25, -0.2) is 4.79 Å². The van der Waals surface area contributed by atoms with Gasteiger partial charge in [0.2, 0.25) is 5.60 Å². The molecule has 14 heteroatoms. The van der Waals surface area contributed by atoms with Crippen LogP contribution in [0, 0.1) is 40.9 Å². The lowest BCUT2D eigenvalue weighted by Crippen LogP contribution is -2.67. The quantitative estimate of drug-likeness (QED) is 0.0143. The zero-order valence-electron chi connectivity index (χ0n) is 47.0. The lowest BCUT2D eigenvalue weighted by Gasteiger charge is -2.55. The summed E-state index contributed by atoms with van der Waals surface area (Å²) in [7, 11) is 1.60. The van der Waals surface area contributed by atoms with E-state index in [0.717, 1.165) is 33.7 Å². The van der Waals surface area contributed by atoms with Crippen LogP contribution in [0.15, 0.2) is 133 Å². The van der Waals surface area contributed by atoms with Gasteiger partial charge in [-0.15, -0.1) is 0 Å². The summed E-state index contributed by atoms with van der Waals surface area (Å²) in [5.74, 6) is -2.80. The number of rotatable bonds is 26. The number of hydrogen-bond donors (Lipinski definition) is 0. The number of benzene rings is 3. The average Bonchev–Trinajstić information content (AvgIpc) is 3.45. The van der Waals surface area contributed by atoms with E-state index in [1.54, 1.807) is 28.1 Å². The van der Waals surface area contributed by atoms with Crippen molar-refractivity contribution in [2.24, 2.45) is 40.9 Å². The van der Waals surface area contributed by atoms with E-state index in [4.69, 9.17) is 47.1 Å². The fourth-order valence-electron chi connectivity index (χ4n) is 12.5. The SMILES string of the molecule is C=COC[C@@H]1[C@@H](OCOC)C=C(CO[Si](c2ccccc2)(c2ccccc2)C(C)(C)C)C[C@@]1(OC(=O)CC(=O)[C@@]1(C)[C@H]2[C@H](C=C[C@H]1/C(C)=C/COCc1ccc(OC)cc1)[C@@H](OCOC)[C@@H](C)C[C@@H]2C)C(=O)OC(C)C. The average molecular weight is 1070 g/mol. The minimum Gasteiger partial charge on any atom is -0.501 e. The maximum atomic E-state index is 15.7. The second-order valence-electron chi connectivity index (χ2n) is 22.3. The summed E-state index contributed by atoms with van der Waals surface area (Å²) < 4.78 is 61.2. The largest absolute Gasteiger partial charge is 0.501 e. The predicted octanol–water partition coefficient (Wildman–Crippen LogP) is 10.1. The van der Waals surface area contributed by atoms with Crippen molar-refractivity contribution in [3.63, 3.8) is 0 Å². The van der Waals surface area contributed by atoms with E-state index in [1.807, 2.05) is 86.7 Å². The van der Waals surface area contributed by atoms with E-state index in [0.29, 0.717) is 18.8 Å². The van der Waals surface area contributed by atoms with Gasteiger partial charge in [0.25, 0.3) is 8.32 Å². The van der Waals surface area contributed by atoms with Crippen LogP contribution < -0.4 is 15.1 Å². The fourth-order valence-corrected chi connectivity index (χ4v) is 17.0. The Morgan fingerprint density at radius 1 is 0.842 bits per heavy atom. The van der Waals surface area contributed by atoms with Gasteiger partial charge in [0.15, 0.2) is 5.78 Å². The van der Waals surface area contributed by atoms with Gasteiger partial charge in [-0.2, -0.15) is 0 Å². The van der Waals surface area contributed by atoms with E-state index in [-0.39, 0.29) is 73.8 Å². The molecule has 6 rings (SSSR count). The Kier molecular flexibility index (Phi) is 21.3. The lowest BCUT2D eigenvalue weighted by atomic mass is 9.49. The first kappa shape index (κ1) is 60.0. The normalized spacial score (nSPS) is 26.8. The molecule has 1 saturated carbocycles. The van der Waals surface area contributed by atoms with Crippen LogP contribution in [-0.4, -0.2) is 105 Å². The summed E-state index contributed by atoms with van der Waals surface area (Å²) in [5.41, 5.74) is -0.630. The van der Waals surface area contributed by atoms with Gasteiger partial charge in [-0.1, -0.05) is 151 Å². The van der Waals surface area contributed by atoms with Gasteiger partial charge in [-0.05, 0) is 83.6 Å². The van der Waals surface area contributed by atoms with E-state index >= 15 is 14.4 Å². The van der Waals surface area contributed by atoms with Crippen LogP contribution in [-0.2, 0) is 63.3 Å². The molecule has 3 aromatic carbocycles. The van der Waals surface area contributed by atoms with Gasteiger partial charge in [-0.3, -0.25) is 9.59 Å². The predicted molar refractivity (Wildman–Crippen MR) is 296 cm³/mol. The monoisotopic (exact) mass is 1060 g/mol. The number of ketones is 1. The number of esters is 2. The zero-order chi connectivity index (χ0) is 55.3. The van der Waals surface area contributed by atoms with Gasteiger partial charge in [0.1, 0.15) is 25.8 Å². The third-order valence-corrected chi connectivity index (χ3v) is 20.8. The van der Waals surface area contributed by atoms with Gasteiger partial charge in [0.05, 0.1) is 64.0 Å². The van der Waals surface area contributed by atoms with Crippen molar-refractivity contribution in [2.75, 3.05) is 54.7 Å². The van der Waals surface area contributed by atoms with Crippen LogP contribution in [0.1, 0.15) is 87.1 Å². The number of hydrogen-bond acceptors (Lipinski definition) is 13. The molecule has 0 bridgehead atoms. The van der Waals surface area contributed by atoms with Crippen molar-refractivity contribution in [3.8, 4) is 5.75 Å². The smallest absolute Gasteiger partial charge is 0.351 e. The maximum absolute atomic E-state index is 15.7. The molecular weight excluding hydrogens is 981 g/mol. The van der Waals surface area contributed by atoms with Crippen LogP contribution >= 0.6 is 0 Å². The molecule has 10 atom stereocenters. The molecule has 0 spiro atoms. The number of Topliss-reactive ketones (excluding diaryl/α,β-unsaturated/α-hetero) is 1. The molecule has 0 aromatic heterocycles. The van der Waals surface area contributed by atoms with Crippen molar-refractivity contribution in [1.82, 2.24) is 0 Å². The molecule has 76 heavy (non-hydrogen) atoms. The first-order valence-electron chi connectivity index (χ1n) is 26.7. The van der Waals surface area contributed by atoms with Crippen molar-refractivity contribution in [1.29, 1.82) is 0 Å². The molecule has 0 amide bonds. The molecule has 0 radical (unpaired) electrons. The Morgan fingerprint density at radius 2 is 1.47 bits per heavy atom. The summed E-state index contributed by atoms with van der Waals surface area (Å²) in [5, 5.41) is 1.77. The molecule has 3 aromatic rings. The maximum Gasteiger partial charge on any atom is 0.351 e. The summed E-state index contributed by atoms with van der Waals surface area (Å²) in [4.78, 5) is 46.1. The van der Waals surface area contributed by atoms with E-state index in [2.05, 4.69) is 77.6 Å². The van der Waals surface area contributed by atoms with Gasteiger partial charge >= 0.3 is 11.9 Å². The van der Waals surface area contributed by atoms with Crippen LogP contribution in [0.5, 0.6) is 5.75 Å². The van der Waals surface area contributed by atoms with Gasteiger partial charge < -0.3 is 47.1 Å². The van der Waals surface area contributed by atoms with E-state index in [9.17, 15) is 0 Å². The second-order valence-corrected chi connectivity index (χ2v) is 26.6. The van der Waals surface area contributed by atoms with Crippen molar-refractivity contribution in [3.05, 3.63) is 139 Å². The second kappa shape index (κ2) is 26.9. The minimum atomic E-state index is -3.13. The summed E-state index contributed by atoms with van der Waals surface area (Å²) in [6.45, 7) is 22.7. The minimum absolute atomic E-state index is 0.0511. The highest BCUT2D eigenvalue weighted by Gasteiger charge is 2.60. The van der Waals surface area contributed by atoms with E-state index < -0.39 is 61.7 Å². The topological polar surface area (TPSA) is 144 Å². The standard InChI is InChI=1S/C62H84O13Si/c1-14-69-39-53-54(71-40-66-11)34-47(38-73-76(60(7,8)9,49-21-17-15-18-22-49)50-23-19-16-20-24-50)36-62(53,59(65)74-42(2)3)75-56(64)35-55(63)61(10)52(43(4)31-32-70-37-46-25-27-48(68-13)28-26-46)30-29-51-57(61)44(5)33-45(6)58(51)72-41-67-12/h14-31,34,42,44-45,51-54,57-58H,1,32-33,35-41H2,2-13H3/b43-31+/t44-,45-,51-,52-,53+,54-,57+,58-,61-,62-/m0/s1.